The molecular weight excluding hydrogens is 876 g/mol. The lowest BCUT2D eigenvalue weighted by atomic mass is 10.0. The van der Waals surface area contributed by atoms with Gasteiger partial charge in [-0.1, -0.05) is 24.3 Å². The molecule has 0 amide bonds. The number of nitriles is 2. The summed E-state index contributed by atoms with van der Waals surface area (Å²) in [4.78, 5) is 0. The van der Waals surface area contributed by atoms with E-state index in [4.69, 9.17) is 27.4 Å². The van der Waals surface area contributed by atoms with Crippen molar-refractivity contribution < 1.29 is 31.9 Å². The Morgan fingerprint density at radius 1 is 0.559 bits per heavy atom. The second-order valence-electron chi connectivity index (χ2n) is 17.0. The molecule has 0 aliphatic rings. The number of nitrogens with zero attached hydrogens (tertiary/aromatic N) is 2. The first-order valence-corrected chi connectivity index (χ1v) is 24.8. The normalized spacial score (nSPS) is 11.2. The van der Waals surface area contributed by atoms with Crippen LogP contribution in [0.1, 0.15) is 86.8 Å². The number of hydrogen-bond acceptors (Lipinski definition) is 13. The monoisotopic (exact) mass is 940 g/mol. The van der Waals surface area contributed by atoms with Gasteiger partial charge in [-0.15, -0.1) is 0 Å². The predicted octanol–water partition coefficient (Wildman–Crippen LogP) is 11.7. The van der Waals surface area contributed by atoms with Crippen LogP contribution in [0, 0.1) is 22.7 Å². The van der Waals surface area contributed by atoms with Gasteiger partial charge in [0, 0.05) is 48.7 Å². The standard InChI is InChI=1S/C54H65N6O7P/c1-39(2)66-51-21-17-41(31-45(51)35-55)11-5-25-59-49-19-15-43(33-47(49)53-13-7-27-62-53)37-57-23-9-29-64-68(61)65-30-10-24-58-38-44-16-20-50(48(34-44)54-14-8-28-63-54)60-26-6-12-42-18-22-52(67-40(3)4)46(32-42)36-56/h7-8,13-22,27-28,31-34,39-40,57-60,68H,5-6,9-12,23-26,29-30,37-38H2,1-4H3. The highest BCUT2D eigenvalue weighted by molar-refractivity contribution is 7.33. The van der Waals surface area contributed by atoms with Crippen LogP contribution in [-0.4, -0.2) is 51.6 Å². The molecule has 0 radical (unpaired) electrons. The molecule has 0 spiro atoms. The van der Waals surface area contributed by atoms with E-state index in [1.54, 1.807) is 12.5 Å². The van der Waals surface area contributed by atoms with Crippen LogP contribution in [0.5, 0.6) is 11.5 Å². The Balaban J connectivity index is 0.839. The van der Waals surface area contributed by atoms with Gasteiger partial charge in [-0.2, -0.15) is 10.5 Å². The van der Waals surface area contributed by atoms with Crippen molar-refractivity contribution in [2.24, 2.45) is 0 Å². The fourth-order valence-corrected chi connectivity index (χ4v) is 8.28. The molecule has 0 saturated heterocycles. The molecule has 0 fully saturated rings. The Hall–Kier alpha value is -6.31. The van der Waals surface area contributed by atoms with Crippen molar-refractivity contribution in [2.45, 2.75) is 91.5 Å². The SMILES string of the molecule is CC(C)Oc1ccc(CCCNc2ccc(CNCCCO[PH](=O)OCCCNCc3ccc(NCCCc4ccc(OC(C)C)c(C#N)c4)c(-c4ccco4)c3)cc2-c2ccco2)cc1C#N. The van der Waals surface area contributed by atoms with Gasteiger partial charge in [0.2, 0.25) is 0 Å². The molecule has 0 saturated carbocycles. The molecule has 0 atom stereocenters. The Kier molecular flexibility index (Phi) is 20.7. The topological polar surface area (TPSA) is 176 Å². The fraction of sp³-hybridized carbons (Fsp3) is 0.370. The third kappa shape index (κ3) is 16.5. The number of aryl methyl sites for hydroxylation is 2. The van der Waals surface area contributed by atoms with E-state index in [2.05, 4.69) is 69.8 Å². The van der Waals surface area contributed by atoms with Gasteiger partial charge in [0.25, 0.3) is 0 Å². The maximum Gasteiger partial charge on any atom is 0.319 e. The summed E-state index contributed by atoms with van der Waals surface area (Å²) in [6.45, 7) is 12.7. The average Bonchev–Trinajstić information content (AvgIpc) is 4.09. The van der Waals surface area contributed by atoms with Crippen molar-refractivity contribution in [1.29, 1.82) is 10.5 Å². The van der Waals surface area contributed by atoms with Crippen LogP contribution in [-0.2, 0) is 39.5 Å². The molecule has 2 heterocycles. The summed E-state index contributed by atoms with van der Waals surface area (Å²) in [5.41, 5.74) is 9.52. The maximum atomic E-state index is 12.4. The number of rotatable bonds is 30. The number of nitrogens with one attached hydrogen (secondary N) is 4. The van der Waals surface area contributed by atoms with Gasteiger partial charge < -0.3 is 48.6 Å². The molecular formula is C54H65N6O7P. The summed E-state index contributed by atoms with van der Waals surface area (Å²) in [5.74, 6) is 2.83. The first kappa shape index (κ1) is 51.1. The average molecular weight is 941 g/mol. The van der Waals surface area contributed by atoms with E-state index in [0.717, 1.165) is 95.0 Å². The fourth-order valence-electron chi connectivity index (χ4n) is 7.58. The van der Waals surface area contributed by atoms with Crippen LogP contribution in [0.2, 0.25) is 0 Å². The Morgan fingerprint density at radius 2 is 1.00 bits per heavy atom. The van der Waals surface area contributed by atoms with Crippen molar-refractivity contribution in [2.75, 3.05) is 50.0 Å². The third-order valence-electron chi connectivity index (χ3n) is 10.8. The van der Waals surface area contributed by atoms with E-state index in [1.165, 1.54) is 0 Å². The molecule has 13 nitrogen and oxygen atoms in total. The van der Waals surface area contributed by atoms with Crippen molar-refractivity contribution in [3.05, 3.63) is 143 Å². The van der Waals surface area contributed by atoms with E-state index in [9.17, 15) is 15.1 Å². The second kappa shape index (κ2) is 27.5. The summed E-state index contributed by atoms with van der Waals surface area (Å²) in [6, 6.07) is 36.5. The molecule has 6 aromatic rings. The zero-order chi connectivity index (χ0) is 47.9. The number of anilines is 2. The molecule has 0 aliphatic carbocycles. The smallest absolute Gasteiger partial charge is 0.319 e. The quantitative estimate of drug-likeness (QED) is 0.0248. The highest BCUT2D eigenvalue weighted by Crippen LogP contribution is 2.32. The van der Waals surface area contributed by atoms with Crippen LogP contribution in [0.3, 0.4) is 0 Å². The Labute approximate surface area is 402 Å². The van der Waals surface area contributed by atoms with Crippen LogP contribution >= 0.6 is 8.25 Å². The molecule has 2 aromatic heterocycles. The van der Waals surface area contributed by atoms with Gasteiger partial charge >= 0.3 is 8.25 Å². The first-order chi connectivity index (χ1) is 33.2. The zero-order valence-corrected chi connectivity index (χ0v) is 40.7. The van der Waals surface area contributed by atoms with Gasteiger partial charge in [-0.25, -0.2) is 0 Å². The highest BCUT2D eigenvalue weighted by Gasteiger charge is 2.13. The highest BCUT2D eigenvalue weighted by atomic mass is 31.1. The maximum absolute atomic E-state index is 12.4. The number of hydrogen-bond donors (Lipinski definition) is 4. The minimum atomic E-state index is -2.58. The summed E-state index contributed by atoms with van der Waals surface area (Å²) in [5, 5.41) is 33.2. The molecule has 0 unspecified atom stereocenters. The Morgan fingerprint density at radius 3 is 1.40 bits per heavy atom. The molecule has 6 rings (SSSR count). The largest absolute Gasteiger partial charge is 0.490 e. The van der Waals surface area contributed by atoms with Crippen LogP contribution in [0.15, 0.2) is 118 Å². The van der Waals surface area contributed by atoms with E-state index in [-0.39, 0.29) is 12.2 Å². The predicted molar refractivity (Wildman–Crippen MR) is 269 cm³/mol. The lowest BCUT2D eigenvalue weighted by Crippen LogP contribution is -2.16. The summed E-state index contributed by atoms with van der Waals surface area (Å²) in [7, 11) is -2.58. The van der Waals surface area contributed by atoms with Gasteiger partial charge in [-0.3, -0.25) is 4.57 Å². The van der Waals surface area contributed by atoms with Gasteiger partial charge in [0.1, 0.15) is 35.2 Å². The van der Waals surface area contributed by atoms with Crippen molar-refractivity contribution in [3.8, 4) is 46.3 Å². The minimum absolute atomic E-state index is 0.0109. The first-order valence-electron chi connectivity index (χ1n) is 23.6. The van der Waals surface area contributed by atoms with Gasteiger partial charge in [0.15, 0.2) is 0 Å². The van der Waals surface area contributed by atoms with E-state index >= 15 is 0 Å². The second-order valence-corrected chi connectivity index (χ2v) is 18.1. The van der Waals surface area contributed by atoms with Crippen LogP contribution < -0.4 is 30.7 Å². The van der Waals surface area contributed by atoms with Crippen molar-refractivity contribution >= 4 is 19.6 Å². The number of benzene rings is 4. The van der Waals surface area contributed by atoms with Crippen molar-refractivity contribution in [1.82, 2.24) is 10.6 Å². The zero-order valence-electron chi connectivity index (χ0n) is 39.7. The van der Waals surface area contributed by atoms with E-state index < -0.39 is 8.25 Å². The summed E-state index contributed by atoms with van der Waals surface area (Å²) in [6.07, 6.45) is 8.20. The molecule has 0 bridgehead atoms. The molecule has 358 valence electrons. The third-order valence-corrected chi connectivity index (χ3v) is 11.7. The Bertz CT molecular complexity index is 2390. The number of furan rings is 2. The molecule has 4 N–H and O–H groups in total. The summed E-state index contributed by atoms with van der Waals surface area (Å²) < 4.78 is 46.5. The van der Waals surface area contributed by atoms with E-state index in [1.807, 2.05) is 88.4 Å². The number of ether oxygens (including phenoxy) is 2. The lowest BCUT2D eigenvalue weighted by Gasteiger charge is -2.14. The summed E-state index contributed by atoms with van der Waals surface area (Å²) >= 11 is 0. The van der Waals surface area contributed by atoms with E-state index in [0.29, 0.717) is 74.9 Å². The molecule has 4 aromatic carbocycles. The molecule has 68 heavy (non-hydrogen) atoms. The van der Waals surface area contributed by atoms with Crippen LogP contribution in [0.25, 0.3) is 22.6 Å². The minimum Gasteiger partial charge on any atom is -0.490 e. The van der Waals surface area contributed by atoms with Gasteiger partial charge in [0.05, 0.1) is 49.1 Å². The lowest BCUT2D eigenvalue weighted by molar-refractivity contribution is 0.220. The van der Waals surface area contributed by atoms with Crippen LogP contribution in [0.4, 0.5) is 11.4 Å². The van der Waals surface area contributed by atoms with Crippen molar-refractivity contribution in [3.63, 3.8) is 0 Å². The molecule has 0 aliphatic heterocycles. The van der Waals surface area contributed by atoms with Gasteiger partial charge in [-0.05, 0) is 174 Å². The molecule has 14 heteroatoms.